The highest BCUT2D eigenvalue weighted by atomic mass is 16.5. The van der Waals surface area contributed by atoms with Crippen LogP contribution in [0, 0.1) is 0 Å². The molecular formula is C22H26N4O2. The van der Waals surface area contributed by atoms with Crippen molar-refractivity contribution < 1.29 is 9.47 Å². The van der Waals surface area contributed by atoms with Crippen LogP contribution in [0.1, 0.15) is 18.9 Å². The third-order valence-corrected chi connectivity index (χ3v) is 4.47. The summed E-state index contributed by atoms with van der Waals surface area (Å²) in [5.41, 5.74) is 4.30. The summed E-state index contributed by atoms with van der Waals surface area (Å²) in [7, 11) is 3.29. The molecule has 0 saturated heterocycles. The molecule has 0 fully saturated rings. The van der Waals surface area contributed by atoms with Crippen LogP contribution in [0.15, 0.2) is 60.0 Å². The standard InChI is InChI=1S/C22H26N4O2/c1-4-22(24-12-11-16-5-10-20(27-2)21(13-16)28-3)26-18-8-6-17(7-9-18)19-14-23-15-25-19/h5-10,13-15H,4,11-12H2,1-3H3,(H,23,25)(H,24,26). The van der Waals surface area contributed by atoms with Crippen LogP contribution in [-0.4, -0.2) is 36.6 Å². The van der Waals surface area contributed by atoms with Crippen molar-refractivity contribution in [2.45, 2.75) is 19.8 Å². The highest BCUT2D eigenvalue weighted by Crippen LogP contribution is 2.27. The Balaban J connectivity index is 1.59. The van der Waals surface area contributed by atoms with E-state index < -0.39 is 0 Å². The van der Waals surface area contributed by atoms with Crippen LogP contribution in [0.4, 0.5) is 5.69 Å². The van der Waals surface area contributed by atoms with Gasteiger partial charge < -0.3 is 19.8 Å². The second-order valence-corrected chi connectivity index (χ2v) is 6.29. The topological polar surface area (TPSA) is 71.5 Å². The number of ether oxygens (including phenoxy) is 2. The summed E-state index contributed by atoms with van der Waals surface area (Å²) >= 11 is 0. The maximum Gasteiger partial charge on any atom is 0.160 e. The Morgan fingerprint density at radius 3 is 2.50 bits per heavy atom. The van der Waals surface area contributed by atoms with Gasteiger partial charge in [0.1, 0.15) is 5.84 Å². The molecule has 28 heavy (non-hydrogen) atoms. The molecule has 6 nitrogen and oxygen atoms in total. The zero-order chi connectivity index (χ0) is 19.8. The summed E-state index contributed by atoms with van der Waals surface area (Å²) in [4.78, 5) is 11.9. The fourth-order valence-electron chi connectivity index (χ4n) is 2.91. The fraction of sp³-hybridized carbons (Fsp3) is 0.273. The maximum atomic E-state index is 5.36. The van der Waals surface area contributed by atoms with E-state index in [1.807, 2.05) is 24.4 Å². The lowest BCUT2D eigenvalue weighted by atomic mass is 10.1. The number of aliphatic imine (C=N–C) groups is 1. The van der Waals surface area contributed by atoms with Crippen molar-refractivity contribution >= 4 is 11.5 Å². The minimum Gasteiger partial charge on any atom is -0.493 e. The summed E-state index contributed by atoms with van der Waals surface area (Å²) in [6, 6.07) is 14.2. The number of hydrogen-bond acceptors (Lipinski definition) is 4. The van der Waals surface area contributed by atoms with Gasteiger partial charge in [0.05, 0.1) is 32.4 Å². The fourth-order valence-corrected chi connectivity index (χ4v) is 2.91. The van der Waals surface area contributed by atoms with Crippen LogP contribution in [-0.2, 0) is 6.42 Å². The Hall–Kier alpha value is -3.28. The van der Waals surface area contributed by atoms with Crippen molar-refractivity contribution in [1.29, 1.82) is 0 Å². The lowest BCUT2D eigenvalue weighted by Crippen LogP contribution is -2.11. The molecule has 2 N–H and O–H groups in total. The number of amidine groups is 1. The number of hydrogen-bond donors (Lipinski definition) is 2. The molecule has 0 spiro atoms. The molecule has 0 unspecified atom stereocenters. The lowest BCUT2D eigenvalue weighted by Gasteiger charge is -2.10. The monoisotopic (exact) mass is 378 g/mol. The number of aromatic nitrogens is 2. The molecule has 2 aromatic carbocycles. The Morgan fingerprint density at radius 1 is 1.07 bits per heavy atom. The van der Waals surface area contributed by atoms with Crippen LogP contribution >= 0.6 is 0 Å². The van der Waals surface area contributed by atoms with Crippen LogP contribution in [0.3, 0.4) is 0 Å². The van der Waals surface area contributed by atoms with Gasteiger partial charge >= 0.3 is 0 Å². The predicted molar refractivity (Wildman–Crippen MR) is 113 cm³/mol. The smallest absolute Gasteiger partial charge is 0.160 e. The second-order valence-electron chi connectivity index (χ2n) is 6.29. The highest BCUT2D eigenvalue weighted by Gasteiger charge is 2.05. The molecule has 1 aromatic heterocycles. The molecular weight excluding hydrogens is 352 g/mol. The summed E-state index contributed by atoms with van der Waals surface area (Å²) in [5, 5.41) is 3.41. The molecule has 3 rings (SSSR count). The van der Waals surface area contributed by atoms with Gasteiger partial charge in [0, 0.05) is 18.7 Å². The summed E-state index contributed by atoms with van der Waals surface area (Å²) < 4.78 is 10.6. The number of nitrogens with one attached hydrogen (secondary N) is 2. The van der Waals surface area contributed by atoms with Crippen LogP contribution in [0.5, 0.6) is 11.5 Å². The first-order valence-corrected chi connectivity index (χ1v) is 9.33. The first-order chi connectivity index (χ1) is 13.7. The van der Waals surface area contributed by atoms with Crippen molar-refractivity contribution in [3.05, 3.63) is 60.6 Å². The number of benzene rings is 2. The Bertz CT molecular complexity index is 903. The van der Waals surface area contributed by atoms with Crippen molar-refractivity contribution in [2.75, 3.05) is 26.1 Å². The van der Waals surface area contributed by atoms with Gasteiger partial charge in [-0.2, -0.15) is 0 Å². The van der Waals surface area contributed by atoms with Crippen molar-refractivity contribution in [3.63, 3.8) is 0 Å². The SMILES string of the molecule is CCC(=NCCc1ccc(OC)c(OC)c1)Nc1ccc(-c2cnc[nH]2)cc1. The normalized spacial score (nSPS) is 11.3. The molecule has 0 bridgehead atoms. The number of imidazole rings is 1. The van der Waals surface area contributed by atoms with E-state index >= 15 is 0 Å². The number of anilines is 1. The zero-order valence-corrected chi connectivity index (χ0v) is 16.5. The molecule has 3 aromatic rings. The third kappa shape index (κ3) is 4.91. The minimum atomic E-state index is 0.706. The van der Waals surface area contributed by atoms with Gasteiger partial charge in [-0.05, 0) is 41.8 Å². The quantitative estimate of drug-likeness (QED) is 0.445. The molecule has 0 aliphatic heterocycles. The molecule has 0 aliphatic rings. The van der Waals surface area contributed by atoms with Gasteiger partial charge in [-0.15, -0.1) is 0 Å². The first kappa shape index (κ1) is 19.5. The third-order valence-electron chi connectivity index (χ3n) is 4.47. The Kier molecular flexibility index (Phi) is 6.68. The van der Waals surface area contributed by atoms with Gasteiger partial charge in [0.2, 0.25) is 0 Å². The summed E-state index contributed by atoms with van der Waals surface area (Å²) in [6.07, 6.45) is 5.18. The number of H-pyrrole nitrogens is 1. The number of methoxy groups -OCH3 is 2. The van der Waals surface area contributed by atoms with E-state index in [0.29, 0.717) is 6.54 Å². The number of aromatic amines is 1. The van der Waals surface area contributed by atoms with Crippen molar-refractivity contribution in [2.24, 2.45) is 4.99 Å². The van der Waals surface area contributed by atoms with E-state index in [1.165, 1.54) is 5.56 Å². The summed E-state index contributed by atoms with van der Waals surface area (Å²) in [5.74, 6) is 2.45. The Labute approximate surface area is 165 Å². The van der Waals surface area contributed by atoms with Crippen molar-refractivity contribution in [1.82, 2.24) is 9.97 Å². The predicted octanol–water partition coefficient (Wildman–Crippen LogP) is 4.56. The van der Waals surface area contributed by atoms with E-state index in [0.717, 1.165) is 47.1 Å². The number of nitrogens with zero attached hydrogens (tertiary/aromatic N) is 2. The summed E-state index contributed by atoms with van der Waals surface area (Å²) in [6.45, 7) is 2.80. The largest absolute Gasteiger partial charge is 0.493 e. The number of rotatable bonds is 8. The average molecular weight is 378 g/mol. The average Bonchev–Trinajstić information content (AvgIpc) is 3.28. The lowest BCUT2D eigenvalue weighted by molar-refractivity contribution is 0.354. The zero-order valence-electron chi connectivity index (χ0n) is 16.5. The van der Waals surface area contributed by atoms with Gasteiger partial charge in [-0.25, -0.2) is 4.98 Å². The molecule has 0 aliphatic carbocycles. The minimum absolute atomic E-state index is 0.706. The van der Waals surface area contributed by atoms with E-state index in [1.54, 1.807) is 20.5 Å². The second kappa shape index (κ2) is 9.60. The highest BCUT2D eigenvalue weighted by molar-refractivity contribution is 5.95. The molecule has 146 valence electrons. The maximum absolute atomic E-state index is 5.36. The van der Waals surface area contributed by atoms with Crippen molar-refractivity contribution in [3.8, 4) is 22.8 Å². The van der Waals surface area contributed by atoms with Gasteiger partial charge in [0.25, 0.3) is 0 Å². The van der Waals surface area contributed by atoms with E-state index in [4.69, 9.17) is 14.5 Å². The Morgan fingerprint density at radius 2 is 1.86 bits per heavy atom. The first-order valence-electron chi connectivity index (χ1n) is 9.33. The molecule has 0 saturated carbocycles. The molecule has 1 heterocycles. The van der Waals surface area contributed by atoms with Crippen LogP contribution in [0.25, 0.3) is 11.3 Å². The van der Waals surface area contributed by atoms with Gasteiger partial charge in [-0.1, -0.05) is 25.1 Å². The molecule has 6 heteroatoms. The molecule has 0 atom stereocenters. The van der Waals surface area contributed by atoms with E-state index in [2.05, 4.69) is 46.5 Å². The van der Waals surface area contributed by atoms with E-state index in [9.17, 15) is 0 Å². The van der Waals surface area contributed by atoms with E-state index in [-0.39, 0.29) is 0 Å². The molecule has 0 radical (unpaired) electrons. The molecule has 0 amide bonds. The van der Waals surface area contributed by atoms with Gasteiger partial charge in [-0.3, -0.25) is 4.99 Å². The van der Waals surface area contributed by atoms with Gasteiger partial charge in [0.15, 0.2) is 11.5 Å². The van der Waals surface area contributed by atoms with Crippen LogP contribution in [0.2, 0.25) is 0 Å². The van der Waals surface area contributed by atoms with Crippen LogP contribution < -0.4 is 14.8 Å².